The molecule has 4 nitrogen and oxygen atoms in total. The van der Waals surface area contributed by atoms with Crippen molar-refractivity contribution in [2.24, 2.45) is 7.05 Å². The van der Waals surface area contributed by atoms with E-state index in [9.17, 15) is 0 Å². The molecule has 0 bridgehead atoms. The van der Waals surface area contributed by atoms with Gasteiger partial charge in [-0.3, -0.25) is 0 Å². The molecular formula is C13H25N3O. The maximum atomic E-state index is 5.47. The van der Waals surface area contributed by atoms with Crippen molar-refractivity contribution in [3.8, 4) is 0 Å². The highest BCUT2D eigenvalue weighted by molar-refractivity contribution is 4.92. The summed E-state index contributed by atoms with van der Waals surface area (Å²) < 4.78 is 7.55. The summed E-state index contributed by atoms with van der Waals surface area (Å²) in [5, 5.41) is 3.36. The van der Waals surface area contributed by atoms with Gasteiger partial charge in [0.25, 0.3) is 0 Å². The van der Waals surface area contributed by atoms with Crippen LogP contribution in [0.25, 0.3) is 0 Å². The molecule has 1 N–H and O–H groups in total. The number of ether oxygens (including phenoxy) is 1. The maximum absolute atomic E-state index is 5.47. The fourth-order valence-electron chi connectivity index (χ4n) is 1.97. The number of rotatable bonds is 7. The molecule has 1 aromatic rings. The van der Waals surface area contributed by atoms with E-state index in [4.69, 9.17) is 4.74 Å². The van der Waals surface area contributed by atoms with E-state index in [1.54, 1.807) is 7.11 Å². The van der Waals surface area contributed by atoms with Gasteiger partial charge >= 0.3 is 0 Å². The molecule has 1 unspecified atom stereocenters. The second-order valence-corrected chi connectivity index (χ2v) is 5.15. The third-order valence-electron chi connectivity index (χ3n) is 3.34. The summed E-state index contributed by atoms with van der Waals surface area (Å²) in [6.07, 6.45) is 6.92. The highest BCUT2D eigenvalue weighted by Gasteiger charge is 2.21. The average Bonchev–Trinajstić information content (AvgIpc) is 2.70. The van der Waals surface area contributed by atoms with Crippen LogP contribution >= 0.6 is 0 Å². The molecule has 0 spiro atoms. The molecule has 4 heteroatoms. The number of nitrogens with one attached hydrogen (secondary N) is 1. The van der Waals surface area contributed by atoms with Crippen LogP contribution in [0.2, 0.25) is 0 Å². The molecule has 0 radical (unpaired) electrons. The Morgan fingerprint density at radius 2 is 2.24 bits per heavy atom. The second kappa shape index (κ2) is 6.17. The quantitative estimate of drug-likeness (QED) is 0.788. The predicted molar refractivity (Wildman–Crippen MR) is 70.1 cm³/mol. The van der Waals surface area contributed by atoms with Crippen LogP contribution in [0.4, 0.5) is 0 Å². The van der Waals surface area contributed by atoms with E-state index >= 15 is 0 Å². The van der Waals surface area contributed by atoms with Gasteiger partial charge in [0.2, 0.25) is 0 Å². The first-order valence-electron chi connectivity index (χ1n) is 6.17. The van der Waals surface area contributed by atoms with Crippen LogP contribution in [-0.2, 0) is 18.2 Å². The lowest BCUT2D eigenvalue weighted by Gasteiger charge is -2.28. The molecule has 0 aliphatic carbocycles. The van der Waals surface area contributed by atoms with Gasteiger partial charge in [-0.1, -0.05) is 0 Å². The van der Waals surface area contributed by atoms with Crippen molar-refractivity contribution in [3.63, 3.8) is 0 Å². The van der Waals surface area contributed by atoms with E-state index in [0.717, 1.165) is 25.1 Å². The molecule has 0 aliphatic heterocycles. The molecule has 0 aromatic carbocycles. The molecule has 98 valence electrons. The summed E-state index contributed by atoms with van der Waals surface area (Å²) in [7, 11) is 5.82. The number of aryl methyl sites for hydroxylation is 2. The molecular weight excluding hydrogens is 214 g/mol. The Kier molecular flexibility index (Phi) is 5.15. The zero-order chi connectivity index (χ0) is 12.9. The minimum Gasteiger partial charge on any atom is -0.379 e. The van der Waals surface area contributed by atoms with Crippen LogP contribution in [0.15, 0.2) is 12.4 Å². The molecule has 0 saturated heterocycles. The van der Waals surface area contributed by atoms with Gasteiger partial charge in [0, 0.05) is 39.0 Å². The molecule has 0 aliphatic rings. The summed E-state index contributed by atoms with van der Waals surface area (Å²) in [5.41, 5.74) is -0.0741. The molecule has 1 rings (SSSR count). The Morgan fingerprint density at radius 3 is 2.71 bits per heavy atom. The van der Waals surface area contributed by atoms with E-state index in [1.165, 1.54) is 0 Å². The Labute approximate surface area is 104 Å². The van der Waals surface area contributed by atoms with Gasteiger partial charge in [0.1, 0.15) is 5.82 Å². The fourth-order valence-corrected chi connectivity index (χ4v) is 1.97. The highest BCUT2D eigenvalue weighted by Crippen LogP contribution is 2.18. The summed E-state index contributed by atoms with van der Waals surface area (Å²) in [5.74, 6) is 1.14. The molecule has 1 aromatic heterocycles. The standard InChI is InChI=1S/C13H25N3O/c1-13(2,17-5)10-11(14-3)6-7-12-15-8-9-16(12)4/h8-9,11,14H,6-7,10H2,1-5H3. The maximum Gasteiger partial charge on any atom is 0.108 e. The fraction of sp³-hybridized carbons (Fsp3) is 0.769. The van der Waals surface area contributed by atoms with Gasteiger partial charge in [-0.2, -0.15) is 0 Å². The van der Waals surface area contributed by atoms with E-state index in [1.807, 2.05) is 26.5 Å². The molecule has 0 saturated carbocycles. The SMILES string of the molecule is CNC(CCc1nccn1C)CC(C)(C)OC. The number of hydrogen-bond acceptors (Lipinski definition) is 3. The Hall–Kier alpha value is -0.870. The summed E-state index contributed by atoms with van der Waals surface area (Å²) in [6.45, 7) is 4.25. The minimum absolute atomic E-state index is 0.0741. The zero-order valence-electron chi connectivity index (χ0n) is 11.7. The Bertz CT molecular complexity index is 333. The lowest BCUT2D eigenvalue weighted by atomic mass is 9.95. The smallest absolute Gasteiger partial charge is 0.108 e. The van der Waals surface area contributed by atoms with Crippen molar-refractivity contribution >= 4 is 0 Å². The lowest BCUT2D eigenvalue weighted by molar-refractivity contribution is 0.00699. The molecule has 0 fully saturated rings. The third-order valence-corrected chi connectivity index (χ3v) is 3.34. The second-order valence-electron chi connectivity index (χ2n) is 5.15. The van der Waals surface area contributed by atoms with E-state index in [0.29, 0.717) is 6.04 Å². The van der Waals surface area contributed by atoms with Crippen molar-refractivity contribution in [1.29, 1.82) is 0 Å². The largest absolute Gasteiger partial charge is 0.379 e. The van der Waals surface area contributed by atoms with Crippen LogP contribution in [0.1, 0.15) is 32.5 Å². The van der Waals surface area contributed by atoms with E-state index in [2.05, 4.69) is 28.7 Å². The van der Waals surface area contributed by atoms with Gasteiger partial charge in [-0.05, 0) is 33.7 Å². The van der Waals surface area contributed by atoms with Crippen LogP contribution in [0, 0.1) is 0 Å². The first-order chi connectivity index (χ1) is 7.98. The predicted octanol–water partition coefficient (Wildman–Crippen LogP) is 1.76. The van der Waals surface area contributed by atoms with Crippen LogP contribution in [0.3, 0.4) is 0 Å². The van der Waals surface area contributed by atoms with E-state index in [-0.39, 0.29) is 5.60 Å². The van der Waals surface area contributed by atoms with Crippen molar-refractivity contribution in [2.45, 2.75) is 44.8 Å². The number of imidazole rings is 1. The van der Waals surface area contributed by atoms with Gasteiger partial charge < -0.3 is 14.6 Å². The topological polar surface area (TPSA) is 39.1 Å². The molecule has 1 atom stereocenters. The number of hydrogen-bond donors (Lipinski definition) is 1. The first kappa shape index (κ1) is 14.2. The minimum atomic E-state index is -0.0741. The summed E-state index contributed by atoms with van der Waals surface area (Å²) in [6, 6.07) is 0.460. The third kappa shape index (κ3) is 4.48. The normalized spacial score (nSPS) is 13.9. The Balaban J connectivity index is 2.45. The summed E-state index contributed by atoms with van der Waals surface area (Å²) >= 11 is 0. The van der Waals surface area contributed by atoms with Gasteiger partial charge in [-0.25, -0.2) is 4.98 Å². The Morgan fingerprint density at radius 1 is 1.53 bits per heavy atom. The zero-order valence-corrected chi connectivity index (χ0v) is 11.7. The number of aromatic nitrogens is 2. The van der Waals surface area contributed by atoms with Crippen LogP contribution < -0.4 is 5.32 Å². The first-order valence-corrected chi connectivity index (χ1v) is 6.17. The van der Waals surface area contributed by atoms with Crippen LogP contribution in [0.5, 0.6) is 0 Å². The van der Waals surface area contributed by atoms with Crippen molar-refractivity contribution < 1.29 is 4.74 Å². The lowest BCUT2D eigenvalue weighted by Crippen LogP contribution is -2.36. The van der Waals surface area contributed by atoms with Crippen molar-refractivity contribution in [3.05, 3.63) is 18.2 Å². The van der Waals surface area contributed by atoms with Gasteiger partial charge in [0.15, 0.2) is 0 Å². The average molecular weight is 239 g/mol. The highest BCUT2D eigenvalue weighted by atomic mass is 16.5. The molecule has 1 heterocycles. The number of methoxy groups -OCH3 is 1. The molecule has 17 heavy (non-hydrogen) atoms. The number of nitrogens with zero attached hydrogens (tertiary/aromatic N) is 2. The van der Waals surface area contributed by atoms with Crippen molar-refractivity contribution in [1.82, 2.24) is 14.9 Å². The van der Waals surface area contributed by atoms with E-state index < -0.39 is 0 Å². The van der Waals surface area contributed by atoms with Gasteiger partial charge in [0.05, 0.1) is 5.60 Å². The van der Waals surface area contributed by atoms with Gasteiger partial charge in [-0.15, -0.1) is 0 Å². The summed E-state index contributed by atoms with van der Waals surface area (Å²) in [4.78, 5) is 4.34. The molecule has 0 amide bonds. The van der Waals surface area contributed by atoms with Crippen LogP contribution in [-0.4, -0.2) is 35.4 Å². The van der Waals surface area contributed by atoms with Crippen molar-refractivity contribution in [2.75, 3.05) is 14.2 Å². The monoisotopic (exact) mass is 239 g/mol.